The highest BCUT2D eigenvalue weighted by Gasteiger charge is 2.14. The predicted molar refractivity (Wildman–Crippen MR) is 124 cm³/mol. The lowest BCUT2D eigenvalue weighted by Gasteiger charge is -2.09. The van der Waals surface area contributed by atoms with Crippen LogP contribution in [-0.2, 0) is 4.79 Å². The second kappa shape index (κ2) is 11.0. The van der Waals surface area contributed by atoms with E-state index in [2.05, 4.69) is 5.32 Å². The van der Waals surface area contributed by atoms with Crippen LogP contribution in [0.15, 0.2) is 57.8 Å². The summed E-state index contributed by atoms with van der Waals surface area (Å²) in [4.78, 5) is 36.5. The molecule has 1 heterocycles. The standard InChI is InChI=1S/C25H25NO7/c1-4-12-26-24(28)19-14-17-8-9-18(15-21(17)33-25(19)29)32-23(27)11-7-16-6-10-20(31-5-2)22(13-16)30-3/h6-11,13-15H,4-5,12H2,1-3H3,(H,26,28)/b11-7+. The molecule has 0 unspecified atom stereocenters. The Balaban J connectivity index is 1.73. The van der Waals surface area contributed by atoms with Gasteiger partial charge in [-0.25, -0.2) is 9.59 Å². The molecule has 0 saturated heterocycles. The number of nitrogens with one attached hydrogen (secondary N) is 1. The van der Waals surface area contributed by atoms with Crippen molar-refractivity contribution in [3.63, 3.8) is 0 Å². The van der Waals surface area contributed by atoms with Gasteiger partial charge in [-0.1, -0.05) is 13.0 Å². The van der Waals surface area contributed by atoms with Crippen molar-refractivity contribution in [3.8, 4) is 17.2 Å². The van der Waals surface area contributed by atoms with Crippen molar-refractivity contribution in [2.45, 2.75) is 20.3 Å². The first-order valence-electron chi connectivity index (χ1n) is 10.5. The fourth-order valence-corrected chi connectivity index (χ4v) is 3.02. The Kier molecular flexibility index (Phi) is 7.86. The molecule has 3 aromatic rings. The van der Waals surface area contributed by atoms with E-state index in [0.29, 0.717) is 30.0 Å². The molecular weight excluding hydrogens is 426 g/mol. The second-order valence-corrected chi connectivity index (χ2v) is 7.00. The maximum atomic E-state index is 12.2. The summed E-state index contributed by atoms with van der Waals surface area (Å²) in [6.45, 7) is 4.76. The second-order valence-electron chi connectivity index (χ2n) is 7.00. The van der Waals surface area contributed by atoms with E-state index in [0.717, 1.165) is 12.0 Å². The summed E-state index contributed by atoms with van der Waals surface area (Å²) < 4.78 is 21.3. The van der Waals surface area contributed by atoms with Gasteiger partial charge in [0.25, 0.3) is 5.91 Å². The van der Waals surface area contributed by atoms with E-state index in [-0.39, 0.29) is 16.9 Å². The first-order valence-corrected chi connectivity index (χ1v) is 10.5. The summed E-state index contributed by atoms with van der Waals surface area (Å²) in [5.74, 6) is 0.273. The zero-order valence-electron chi connectivity index (χ0n) is 18.7. The molecule has 0 saturated carbocycles. The van der Waals surface area contributed by atoms with Crippen LogP contribution >= 0.6 is 0 Å². The predicted octanol–water partition coefficient (Wildman–Crippen LogP) is 3.96. The van der Waals surface area contributed by atoms with E-state index in [1.54, 1.807) is 36.4 Å². The van der Waals surface area contributed by atoms with Crippen molar-refractivity contribution in [1.82, 2.24) is 5.32 Å². The van der Waals surface area contributed by atoms with Crippen molar-refractivity contribution in [1.29, 1.82) is 0 Å². The van der Waals surface area contributed by atoms with Gasteiger partial charge in [-0.2, -0.15) is 0 Å². The number of amides is 1. The quantitative estimate of drug-likeness (QED) is 0.227. The van der Waals surface area contributed by atoms with Crippen LogP contribution < -0.4 is 25.2 Å². The van der Waals surface area contributed by atoms with Gasteiger partial charge in [-0.3, -0.25) is 4.79 Å². The molecule has 1 N–H and O–H groups in total. The number of hydrogen-bond donors (Lipinski definition) is 1. The third kappa shape index (κ3) is 6.00. The largest absolute Gasteiger partial charge is 0.493 e. The van der Waals surface area contributed by atoms with Gasteiger partial charge in [-0.05, 0) is 55.3 Å². The van der Waals surface area contributed by atoms with E-state index in [9.17, 15) is 14.4 Å². The highest BCUT2D eigenvalue weighted by Crippen LogP contribution is 2.28. The molecule has 8 nitrogen and oxygen atoms in total. The van der Waals surface area contributed by atoms with Crippen molar-refractivity contribution in [2.24, 2.45) is 0 Å². The summed E-state index contributed by atoms with van der Waals surface area (Å²) in [5, 5.41) is 3.18. The molecule has 3 rings (SSSR count). The average molecular weight is 451 g/mol. The van der Waals surface area contributed by atoms with Crippen molar-refractivity contribution in [3.05, 3.63) is 70.1 Å². The van der Waals surface area contributed by atoms with Crippen LogP contribution in [0.25, 0.3) is 17.0 Å². The maximum Gasteiger partial charge on any atom is 0.349 e. The van der Waals surface area contributed by atoms with Crippen molar-refractivity contribution >= 4 is 28.9 Å². The summed E-state index contributed by atoms with van der Waals surface area (Å²) in [7, 11) is 1.54. The van der Waals surface area contributed by atoms with Crippen LogP contribution in [0.1, 0.15) is 36.2 Å². The molecule has 2 aromatic carbocycles. The highest BCUT2D eigenvalue weighted by molar-refractivity contribution is 5.97. The van der Waals surface area contributed by atoms with Crippen molar-refractivity contribution in [2.75, 3.05) is 20.3 Å². The van der Waals surface area contributed by atoms with E-state index >= 15 is 0 Å². The van der Waals surface area contributed by atoms with Crippen LogP contribution in [0.5, 0.6) is 17.2 Å². The number of carbonyl (C=O) groups is 2. The van der Waals surface area contributed by atoms with E-state index in [4.69, 9.17) is 18.6 Å². The molecule has 0 atom stereocenters. The van der Waals surface area contributed by atoms with Gasteiger partial charge in [0.2, 0.25) is 0 Å². The Hall–Kier alpha value is -4.07. The molecule has 8 heteroatoms. The Morgan fingerprint density at radius 2 is 1.88 bits per heavy atom. The highest BCUT2D eigenvalue weighted by atomic mass is 16.5. The lowest BCUT2D eigenvalue weighted by molar-refractivity contribution is -0.128. The third-order valence-corrected chi connectivity index (χ3v) is 4.61. The summed E-state index contributed by atoms with van der Waals surface area (Å²) in [5.41, 5.74) is 0.0987. The molecule has 33 heavy (non-hydrogen) atoms. The molecule has 1 aromatic heterocycles. The van der Waals surface area contributed by atoms with E-state index in [1.807, 2.05) is 13.8 Å². The van der Waals surface area contributed by atoms with Crippen molar-refractivity contribution < 1.29 is 28.2 Å². The van der Waals surface area contributed by atoms with Gasteiger partial charge in [0.05, 0.1) is 13.7 Å². The Labute approximate surface area is 190 Å². The fourth-order valence-electron chi connectivity index (χ4n) is 3.02. The SMILES string of the molecule is CCCNC(=O)c1cc2ccc(OC(=O)/C=C/c3ccc(OCC)c(OC)c3)cc2oc1=O. The minimum Gasteiger partial charge on any atom is -0.493 e. The molecule has 0 fully saturated rings. The minimum atomic E-state index is -0.760. The maximum absolute atomic E-state index is 12.2. The molecule has 0 aliphatic heterocycles. The van der Waals surface area contributed by atoms with Gasteiger partial charge in [0.15, 0.2) is 11.5 Å². The number of esters is 1. The molecule has 172 valence electrons. The number of methoxy groups -OCH3 is 1. The van der Waals surface area contributed by atoms with Gasteiger partial charge in [0.1, 0.15) is 16.9 Å². The number of benzene rings is 2. The van der Waals surface area contributed by atoms with Crippen LogP contribution in [0.4, 0.5) is 0 Å². The minimum absolute atomic E-state index is 0.0746. The van der Waals surface area contributed by atoms with Crippen LogP contribution in [0.2, 0.25) is 0 Å². The Morgan fingerprint density at radius 3 is 2.61 bits per heavy atom. The number of rotatable bonds is 9. The topological polar surface area (TPSA) is 104 Å². The summed E-state index contributed by atoms with van der Waals surface area (Å²) in [6.07, 6.45) is 3.61. The van der Waals surface area contributed by atoms with Gasteiger partial charge < -0.3 is 23.9 Å². The monoisotopic (exact) mass is 451 g/mol. The Bertz CT molecular complexity index is 1240. The van der Waals surface area contributed by atoms with Gasteiger partial charge in [0, 0.05) is 24.1 Å². The summed E-state index contributed by atoms with van der Waals surface area (Å²) >= 11 is 0. The van der Waals surface area contributed by atoms with Crippen LogP contribution in [-0.4, -0.2) is 32.1 Å². The molecule has 0 spiro atoms. The number of carbonyl (C=O) groups excluding carboxylic acids is 2. The Morgan fingerprint density at radius 1 is 1.06 bits per heavy atom. The average Bonchev–Trinajstić information content (AvgIpc) is 2.81. The van der Waals surface area contributed by atoms with Gasteiger partial charge in [-0.15, -0.1) is 0 Å². The van der Waals surface area contributed by atoms with E-state index in [1.165, 1.54) is 25.3 Å². The lowest BCUT2D eigenvalue weighted by atomic mass is 10.1. The fraction of sp³-hybridized carbons (Fsp3) is 0.240. The zero-order chi connectivity index (χ0) is 23.8. The summed E-state index contributed by atoms with van der Waals surface area (Å²) in [6, 6.07) is 11.3. The van der Waals surface area contributed by atoms with Gasteiger partial charge >= 0.3 is 11.6 Å². The molecule has 0 aliphatic rings. The number of hydrogen-bond acceptors (Lipinski definition) is 7. The molecule has 0 radical (unpaired) electrons. The molecule has 1 amide bonds. The van der Waals surface area contributed by atoms with E-state index < -0.39 is 17.5 Å². The molecule has 0 bridgehead atoms. The lowest BCUT2D eigenvalue weighted by Crippen LogP contribution is -2.28. The number of fused-ring (bicyclic) bond motifs is 1. The van der Waals surface area contributed by atoms with Crippen LogP contribution in [0, 0.1) is 0 Å². The first kappa shape index (κ1) is 23.6. The molecular formula is C25H25NO7. The normalized spacial score (nSPS) is 10.9. The first-order chi connectivity index (χ1) is 15.9. The smallest absolute Gasteiger partial charge is 0.349 e. The molecule has 0 aliphatic carbocycles. The zero-order valence-corrected chi connectivity index (χ0v) is 18.7. The van der Waals surface area contributed by atoms with Crippen LogP contribution in [0.3, 0.4) is 0 Å². The number of ether oxygens (including phenoxy) is 3. The third-order valence-electron chi connectivity index (χ3n) is 4.61.